The van der Waals surface area contributed by atoms with Crippen LogP contribution in [-0.2, 0) is 13.0 Å². The number of rotatable bonds is 4. The highest BCUT2D eigenvalue weighted by Crippen LogP contribution is 2.18. The van der Waals surface area contributed by atoms with Crippen LogP contribution in [0.15, 0.2) is 29.3 Å². The van der Waals surface area contributed by atoms with Crippen molar-refractivity contribution >= 4 is 29.9 Å². The Balaban J connectivity index is 0.00000162. The summed E-state index contributed by atoms with van der Waals surface area (Å²) in [6, 6.07) is 8.68. The second-order valence-electron chi connectivity index (χ2n) is 4.45. The molecule has 0 spiro atoms. The lowest BCUT2D eigenvalue weighted by molar-refractivity contribution is 0.252. The number of nitrogens with zero attached hydrogens (tertiary/aromatic N) is 2. The molecule has 1 aromatic carbocycles. The first kappa shape index (κ1) is 15.2. The zero-order valence-electron chi connectivity index (χ0n) is 10.5. The summed E-state index contributed by atoms with van der Waals surface area (Å²) >= 11 is 0. The van der Waals surface area contributed by atoms with E-state index in [4.69, 9.17) is 11.5 Å². The van der Waals surface area contributed by atoms with Gasteiger partial charge >= 0.3 is 0 Å². The Morgan fingerprint density at radius 2 is 1.94 bits per heavy atom. The topological polar surface area (TPSA) is 67.6 Å². The summed E-state index contributed by atoms with van der Waals surface area (Å²) in [5, 5.41) is 0. The van der Waals surface area contributed by atoms with Crippen LogP contribution in [0.1, 0.15) is 17.5 Å². The zero-order chi connectivity index (χ0) is 12.1. The van der Waals surface area contributed by atoms with Gasteiger partial charge in [0.25, 0.3) is 0 Å². The van der Waals surface area contributed by atoms with Crippen LogP contribution >= 0.6 is 24.0 Å². The maximum Gasteiger partial charge on any atom is 0.185 e. The highest BCUT2D eigenvalue weighted by molar-refractivity contribution is 14.0. The molecule has 4 nitrogen and oxygen atoms in total. The Kier molecular flexibility index (Phi) is 6.42. The van der Waals surface area contributed by atoms with Gasteiger partial charge in [-0.05, 0) is 24.0 Å². The summed E-state index contributed by atoms with van der Waals surface area (Å²) < 4.78 is 0. The van der Waals surface area contributed by atoms with Gasteiger partial charge in [-0.2, -0.15) is 0 Å². The summed E-state index contributed by atoms with van der Waals surface area (Å²) in [5.41, 5.74) is 13.5. The summed E-state index contributed by atoms with van der Waals surface area (Å²) in [4.78, 5) is 6.46. The summed E-state index contributed by atoms with van der Waals surface area (Å²) in [7, 11) is 0. The van der Waals surface area contributed by atoms with Gasteiger partial charge in [0, 0.05) is 26.2 Å². The predicted octanol–water partition coefficient (Wildman–Crippen LogP) is 1.33. The smallest absolute Gasteiger partial charge is 0.185 e. The number of halogens is 1. The maximum absolute atomic E-state index is 5.29. The molecule has 0 unspecified atom stereocenters. The summed E-state index contributed by atoms with van der Waals surface area (Å²) in [6.07, 6.45) is 2.17. The number of nitrogens with two attached hydrogens (primary N) is 2. The van der Waals surface area contributed by atoms with E-state index in [1.165, 1.54) is 11.1 Å². The molecule has 18 heavy (non-hydrogen) atoms. The Labute approximate surface area is 125 Å². The first-order valence-corrected chi connectivity index (χ1v) is 6.10. The molecule has 0 aliphatic carbocycles. The van der Waals surface area contributed by atoms with Crippen molar-refractivity contribution in [2.45, 2.75) is 19.4 Å². The third-order valence-electron chi connectivity index (χ3n) is 3.14. The van der Waals surface area contributed by atoms with Crippen molar-refractivity contribution in [2.24, 2.45) is 16.5 Å². The van der Waals surface area contributed by atoms with E-state index in [0.29, 0.717) is 0 Å². The molecule has 5 heteroatoms. The van der Waals surface area contributed by atoms with Crippen LogP contribution in [0.3, 0.4) is 0 Å². The van der Waals surface area contributed by atoms with Gasteiger partial charge in [-0.1, -0.05) is 24.3 Å². The standard InChI is InChI=1S/C13H20N4.HI/c14-13(15)16-7-3-8-17-9-6-11-4-1-2-5-12(11)10-17;/h1-2,4-5H,3,6-10H2,(H4,14,15,16);1H. The minimum Gasteiger partial charge on any atom is -0.370 e. The molecule has 1 aliphatic heterocycles. The van der Waals surface area contributed by atoms with E-state index in [-0.39, 0.29) is 29.9 Å². The SMILES string of the molecule is I.NC(N)=NCCCN1CCc2ccccc2C1. The van der Waals surface area contributed by atoms with E-state index in [0.717, 1.165) is 39.0 Å². The minimum atomic E-state index is 0. The predicted molar refractivity (Wildman–Crippen MR) is 86.1 cm³/mol. The lowest BCUT2D eigenvalue weighted by atomic mass is 10.00. The van der Waals surface area contributed by atoms with E-state index in [9.17, 15) is 0 Å². The van der Waals surface area contributed by atoms with Crippen LogP contribution in [0.2, 0.25) is 0 Å². The number of fused-ring (bicyclic) bond motifs is 1. The normalized spacial score (nSPS) is 14.4. The van der Waals surface area contributed by atoms with Crippen molar-refractivity contribution < 1.29 is 0 Å². The van der Waals surface area contributed by atoms with Gasteiger partial charge in [-0.25, -0.2) is 0 Å². The largest absolute Gasteiger partial charge is 0.370 e. The second kappa shape index (κ2) is 7.58. The molecule has 0 saturated heterocycles. The van der Waals surface area contributed by atoms with Gasteiger partial charge < -0.3 is 11.5 Å². The molecule has 1 aliphatic rings. The van der Waals surface area contributed by atoms with Gasteiger partial charge in [-0.3, -0.25) is 9.89 Å². The molecule has 4 N–H and O–H groups in total. The molecule has 0 fully saturated rings. The molecule has 0 aromatic heterocycles. The molecule has 1 aromatic rings. The summed E-state index contributed by atoms with van der Waals surface area (Å²) in [5.74, 6) is 0.189. The molecule has 2 rings (SSSR count). The van der Waals surface area contributed by atoms with Crippen molar-refractivity contribution in [3.63, 3.8) is 0 Å². The van der Waals surface area contributed by atoms with Gasteiger partial charge in [0.05, 0.1) is 0 Å². The van der Waals surface area contributed by atoms with Crippen molar-refractivity contribution in [3.05, 3.63) is 35.4 Å². The van der Waals surface area contributed by atoms with Gasteiger partial charge in [0.2, 0.25) is 0 Å². The molecule has 0 saturated carbocycles. The fourth-order valence-electron chi connectivity index (χ4n) is 2.25. The summed E-state index contributed by atoms with van der Waals surface area (Å²) in [6.45, 7) is 3.97. The molecular weight excluding hydrogens is 339 g/mol. The first-order chi connectivity index (χ1) is 8.25. The fraction of sp³-hybridized carbons (Fsp3) is 0.462. The van der Waals surface area contributed by atoms with Crippen LogP contribution < -0.4 is 11.5 Å². The molecule has 0 amide bonds. The van der Waals surface area contributed by atoms with Crippen LogP contribution in [-0.4, -0.2) is 30.5 Å². The highest BCUT2D eigenvalue weighted by atomic mass is 127. The average Bonchev–Trinajstić information content (AvgIpc) is 2.34. The minimum absolute atomic E-state index is 0. The average molecular weight is 360 g/mol. The number of aliphatic imine (C=N–C) groups is 1. The first-order valence-electron chi connectivity index (χ1n) is 6.10. The lowest BCUT2D eigenvalue weighted by Gasteiger charge is -2.28. The van der Waals surface area contributed by atoms with E-state index >= 15 is 0 Å². The molecule has 100 valence electrons. The van der Waals surface area contributed by atoms with Crippen molar-refractivity contribution in [2.75, 3.05) is 19.6 Å². The molecule has 1 heterocycles. The maximum atomic E-state index is 5.29. The quantitative estimate of drug-likeness (QED) is 0.368. The van der Waals surface area contributed by atoms with Crippen molar-refractivity contribution in [1.29, 1.82) is 0 Å². The lowest BCUT2D eigenvalue weighted by Crippen LogP contribution is -2.31. The van der Waals surface area contributed by atoms with Crippen LogP contribution in [0.5, 0.6) is 0 Å². The third kappa shape index (κ3) is 4.45. The zero-order valence-corrected chi connectivity index (χ0v) is 12.8. The molecule has 0 bridgehead atoms. The van der Waals surface area contributed by atoms with Crippen molar-refractivity contribution in [1.82, 2.24) is 4.90 Å². The molecule has 0 atom stereocenters. The van der Waals surface area contributed by atoms with E-state index < -0.39 is 0 Å². The Morgan fingerprint density at radius 1 is 1.22 bits per heavy atom. The monoisotopic (exact) mass is 360 g/mol. The fourth-order valence-corrected chi connectivity index (χ4v) is 2.25. The molecule has 0 radical (unpaired) electrons. The number of guanidine groups is 1. The number of hydrogen-bond donors (Lipinski definition) is 2. The van der Waals surface area contributed by atoms with E-state index in [1.807, 2.05) is 0 Å². The second-order valence-corrected chi connectivity index (χ2v) is 4.45. The van der Waals surface area contributed by atoms with Crippen LogP contribution in [0, 0.1) is 0 Å². The number of hydrogen-bond acceptors (Lipinski definition) is 2. The van der Waals surface area contributed by atoms with Crippen LogP contribution in [0.25, 0.3) is 0 Å². The van der Waals surface area contributed by atoms with Crippen LogP contribution in [0.4, 0.5) is 0 Å². The van der Waals surface area contributed by atoms with Gasteiger partial charge in [-0.15, -0.1) is 24.0 Å². The Morgan fingerprint density at radius 3 is 2.67 bits per heavy atom. The third-order valence-corrected chi connectivity index (χ3v) is 3.14. The molecular formula is C13H21IN4. The van der Waals surface area contributed by atoms with Crippen molar-refractivity contribution in [3.8, 4) is 0 Å². The number of benzene rings is 1. The van der Waals surface area contributed by atoms with Gasteiger partial charge in [0.1, 0.15) is 0 Å². The highest BCUT2D eigenvalue weighted by Gasteiger charge is 2.14. The Bertz CT molecular complexity index is 402. The van der Waals surface area contributed by atoms with E-state index in [2.05, 4.69) is 34.2 Å². The van der Waals surface area contributed by atoms with Gasteiger partial charge in [0.15, 0.2) is 5.96 Å². The van der Waals surface area contributed by atoms with E-state index in [1.54, 1.807) is 0 Å². The Hall–Kier alpha value is -0.820.